The fourth-order valence-electron chi connectivity index (χ4n) is 2.90. The van der Waals surface area contributed by atoms with Crippen LogP contribution in [0.4, 0.5) is 5.69 Å². The van der Waals surface area contributed by atoms with Gasteiger partial charge in [-0.05, 0) is 24.3 Å². The summed E-state index contributed by atoms with van der Waals surface area (Å²) in [6.07, 6.45) is 2.18. The number of hydrogen-bond donors (Lipinski definition) is 2. The van der Waals surface area contributed by atoms with Gasteiger partial charge in [0.1, 0.15) is 5.75 Å². The van der Waals surface area contributed by atoms with Crippen molar-refractivity contribution in [2.75, 3.05) is 25.6 Å². The maximum absolute atomic E-state index is 12.4. The van der Waals surface area contributed by atoms with Gasteiger partial charge in [-0.3, -0.25) is 14.8 Å². The lowest BCUT2D eigenvalue weighted by molar-refractivity contribution is -0.117. The first kappa shape index (κ1) is 17.7. The Kier molecular flexibility index (Phi) is 5.68. The number of ether oxygens (including phenoxy) is 1. The van der Waals surface area contributed by atoms with Gasteiger partial charge in [-0.15, -0.1) is 0 Å². The van der Waals surface area contributed by atoms with Crippen LogP contribution in [-0.2, 0) is 11.3 Å². The highest BCUT2D eigenvalue weighted by Crippen LogP contribution is 2.25. The first-order valence-electron chi connectivity index (χ1n) is 8.51. The van der Waals surface area contributed by atoms with E-state index in [1.165, 1.54) is 0 Å². The van der Waals surface area contributed by atoms with Crippen molar-refractivity contribution in [3.05, 3.63) is 54.4 Å². The molecule has 2 N–H and O–H groups in total. The SMILES string of the molecule is CN=C(NCc1ccccn1)NC1CC(=O)N(c2cccc(OC)c2)C1. The molecule has 1 aliphatic heterocycles. The quantitative estimate of drug-likeness (QED) is 0.630. The van der Waals surface area contributed by atoms with Gasteiger partial charge in [0.2, 0.25) is 5.91 Å². The minimum atomic E-state index is -0.0105. The van der Waals surface area contributed by atoms with Gasteiger partial charge >= 0.3 is 0 Å². The highest BCUT2D eigenvalue weighted by atomic mass is 16.5. The Hall–Kier alpha value is -3.09. The van der Waals surface area contributed by atoms with Crippen molar-refractivity contribution < 1.29 is 9.53 Å². The van der Waals surface area contributed by atoms with E-state index in [0.717, 1.165) is 17.1 Å². The van der Waals surface area contributed by atoms with Gasteiger partial charge in [0.05, 0.1) is 25.4 Å². The van der Waals surface area contributed by atoms with Gasteiger partial charge in [-0.2, -0.15) is 0 Å². The zero-order chi connectivity index (χ0) is 18.4. The number of nitrogens with one attached hydrogen (secondary N) is 2. The van der Waals surface area contributed by atoms with Crippen LogP contribution in [0.1, 0.15) is 12.1 Å². The Balaban J connectivity index is 1.59. The van der Waals surface area contributed by atoms with Crippen LogP contribution in [0.3, 0.4) is 0 Å². The standard InChI is InChI=1S/C19H23N5O2/c1-20-19(22-12-14-6-3-4-9-21-14)23-15-10-18(25)24(13-15)16-7-5-8-17(11-16)26-2/h3-9,11,15H,10,12-13H2,1-2H3,(H2,20,22,23). The number of carbonyl (C=O) groups excluding carboxylic acids is 1. The van der Waals surface area contributed by atoms with Crippen molar-refractivity contribution in [1.82, 2.24) is 15.6 Å². The molecule has 0 saturated carbocycles. The van der Waals surface area contributed by atoms with Crippen molar-refractivity contribution in [2.45, 2.75) is 19.0 Å². The van der Waals surface area contributed by atoms with E-state index in [2.05, 4.69) is 20.6 Å². The van der Waals surface area contributed by atoms with E-state index in [0.29, 0.717) is 25.5 Å². The second-order valence-electron chi connectivity index (χ2n) is 6.00. The molecule has 1 atom stereocenters. The predicted molar refractivity (Wildman–Crippen MR) is 101 cm³/mol. The van der Waals surface area contributed by atoms with E-state index < -0.39 is 0 Å². The number of hydrogen-bond acceptors (Lipinski definition) is 4. The average Bonchev–Trinajstić information content (AvgIpc) is 3.06. The predicted octanol–water partition coefficient (Wildman–Crippen LogP) is 1.56. The van der Waals surface area contributed by atoms with Crippen LogP contribution in [0, 0.1) is 0 Å². The van der Waals surface area contributed by atoms with E-state index in [4.69, 9.17) is 4.74 Å². The molecule has 1 saturated heterocycles. The molecule has 2 aromatic rings. The summed E-state index contributed by atoms with van der Waals surface area (Å²) in [6, 6.07) is 13.3. The van der Waals surface area contributed by atoms with Crippen LogP contribution < -0.4 is 20.3 Å². The molecule has 1 amide bonds. The highest BCUT2D eigenvalue weighted by Gasteiger charge is 2.31. The number of anilines is 1. The molecule has 0 spiro atoms. The summed E-state index contributed by atoms with van der Waals surface area (Å²) in [4.78, 5) is 22.7. The Bertz CT molecular complexity index is 779. The topological polar surface area (TPSA) is 78.8 Å². The molecular weight excluding hydrogens is 330 g/mol. The van der Waals surface area contributed by atoms with Gasteiger partial charge in [0, 0.05) is 38.0 Å². The van der Waals surface area contributed by atoms with Crippen molar-refractivity contribution in [2.24, 2.45) is 4.99 Å². The summed E-state index contributed by atoms with van der Waals surface area (Å²) in [7, 11) is 3.33. The summed E-state index contributed by atoms with van der Waals surface area (Å²) in [5.74, 6) is 1.47. The lowest BCUT2D eigenvalue weighted by Crippen LogP contribution is -2.44. The number of pyridine rings is 1. The normalized spacial score (nSPS) is 17.3. The van der Waals surface area contributed by atoms with Crippen LogP contribution in [0.2, 0.25) is 0 Å². The monoisotopic (exact) mass is 353 g/mol. The summed E-state index contributed by atoms with van der Waals surface area (Å²) in [5.41, 5.74) is 1.77. The molecule has 0 bridgehead atoms. The molecule has 1 aliphatic rings. The number of rotatable bonds is 5. The number of benzene rings is 1. The van der Waals surface area contributed by atoms with Gasteiger partial charge in [-0.25, -0.2) is 0 Å². The number of guanidine groups is 1. The zero-order valence-corrected chi connectivity index (χ0v) is 15.0. The Morgan fingerprint density at radius 1 is 1.35 bits per heavy atom. The van der Waals surface area contributed by atoms with E-state index in [9.17, 15) is 4.79 Å². The Morgan fingerprint density at radius 3 is 2.96 bits per heavy atom. The average molecular weight is 353 g/mol. The highest BCUT2D eigenvalue weighted by molar-refractivity contribution is 5.97. The summed E-state index contributed by atoms with van der Waals surface area (Å²) in [6.45, 7) is 1.15. The molecule has 2 heterocycles. The largest absolute Gasteiger partial charge is 0.497 e. The van der Waals surface area contributed by atoms with Gasteiger partial charge in [-0.1, -0.05) is 12.1 Å². The minimum Gasteiger partial charge on any atom is -0.497 e. The third kappa shape index (κ3) is 4.30. The third-order valence-corrected chi connectivity index (χ3v) is 4.22. The van der Waals surface area contributed by atoms with Crippen LogP contribution >= 0.6 is 0 Å². The molecule has 0 radical (unpaired) electrons. The first-order valence-corrected chi connectivity index (χ1v) is 8.51. The van der Waals surface area contributed by atoms with Gasteiger partial charge in [0.15, 0.2) is 5.96 Å². The smallest absolute Gasteiger partial charge is 0.229 e. The molecule has 1 unspecified atom stereocenters. The molecule has 7 nitrogen and oxygen atoms in total. The van der Waals surface area contributed by atoms with Crippen LogP contribution in [-0.4, -0.2) is 43.6 Å². The van der Waals surface area contributed by atoms with Crippen LogP contribution in [0.5, 0.6) is 5.75 Å². The first-order chi connectivity index (χ1) is 12.7. The molecule has 1 aromatic carbocycles. The Morgan fingerprint density at radius 2 is 2.23 bits per heavy atom. The van der Waals surface area contributed by atoms with Gasteiger partial charge < -0.3 is 20.3 Å². The molecule has 0 aliphatic carbocycles. The van der Waals surface area contributed by atoms with Crippen LogP contribution in [0.15, 0.2) is 53.7 Å². The lowest BCUT2D eigenvalue weighted by atomic mass is 10.2. The number of methoxy groups -OCH3 is 1. The molecule has 3 rings (SSSR count). The minimum absolute atomic E-state index is 0.0105. The molecule has 136 valence electrons. The number of nitrogens with zero attached hydrogens (tertiary/aromatic N) is 3. The molecule has 1 aromatic heterocycles. The van der Waals surface area contributed by atoms with E-state index in [-0.39, 0.29) is 11.9 Å². The second-order valence-corrected chi connectivity index (χ2v) is 6.00. The van der Waals surface area contributed by atoms with Crippen molar-refractivity contribution in [1.29, 1.82) is 0 Å². The fourth-order valence-corrected chi connectivity index (χ4v) is 2.90. The second kappa shape index (κ2) is 8.33. The fraction of sp³-hybridized carbons (Fsp3) is 0.316. The summed E-state index contributed by atoms with van der Waals surface area (Å²) >= 11 is 0. The third-order valence-electron chi connectivity index (χ3n) is 4.22. The number of aliphatic imine (C=N–C) groups is 1. The maximum atomic E-state index is 12.4. The maximum Gasteiger partial charge on any atom is 0.229 e. The summed E-state index contributed by atoms with van der Waals surface area (Å²) < 4.78 is 5.24. The molecule has 1 fully saturated rings. The van der Waals surface area contributed by atoms with Crippen molar-refractivity contribution >= 4 is 17.6 Å². The zero-order valence-electron chi connectivity index (χ0n) is 15.0. The molecule has 26 heavy (non-hydrogen) atoms. The van der Waals surface area contributed by atoms with E-state index in [1.54, 1.807) is 25.3 Å². The van der Waals surface area contributed by atoms with E-state index >= 15 is 0 Å². The number of amides is 1. The van der Waals surface area contributed by atoms with E-state index in [1.807, 2.05) is 42.5 Å². The summed E-state index contributed by atoms with van der Waals surface area (Å²) in [5, 5.41) is 6.54. The molecule has 7 heteroatoms. The van der Waals surface area contributed by atoms with Crippen molar-refractivity contribution in [3.8, 4) is 5.75 Å². The molecular formula is C19H23N5O2. The number of carbonyl (C=O) groups is 1. The van der Waals surface area contributed by atoms with Crippen LogP contribution in [0.25, 0.3) is 0 Å². The van der Waals surface area contributed by atoms with Gasteiger partial charge in [0.25, 0.3) is 0 Å². The van der Waals surface area contributed by atoms with Crippen molar-refractivity contribution in [3.63, 3.8) is 0 Å². The number of aromatic nitrogens is 1. The Labute approximate surface area is 153 Å². The lowest BCUT2D eigenvalue weighted by Gasteiger charge is -2.19.